The van der Waals surface area contributed by atoms with Gasteiger partial charge in [-0.05, 0) is 54.2 Å². The highest BCUT2D eigenvalue weighted by Gasteiger charge is 2.31. The number of benzene rings is 2. The highest BCUT2D eigenvalue weighted by molar-refractivity contribution is 5.94. The van der Waals surface area contributed by atoms with Crippen molar-refractivity contribution in [2.75, 3.05) is 0 Å². The first-order valence-electron chi connectivity index (χ1n) is 13.8. The number of hydrogen-bond donors (Lipinski definition) is 8. The van der Waals surface area contributed by atoms with Crippen LogP contribution in [0.1, 0.15) is 37.1 Å². The third kappa shape index (κ3) is 10.5. The lowest BCUT2D eigenvalue weighted by atomic mass is 10.00. The van der Waals surface area contributed by atoms with E-state index in [4.69, 9.17) is 5.73 Å². The third-order valence-electron chi connectivity index (χ3n) is 6.67. The molecule has 2 aromatic carbocycles. The third-order valence-corrected chi connectivity index (χ3v) is 6.67. The second-order valence-electron chi connectivity index (χ2n) is 10.8. The Morgan fingerprint density at radius 1 is 0.767 bits per heavy atom. The Kier molecular flexibility index (Phi) is 11.6. The second-order valence-corrected chi connectivity index (χ2v) is 10.8. The Labute approximate surface area is 248 Å². The number of phenols is 2. The molecule has 13 nitrogen and oxygen atoms in total. The van der Waals surface area contributed by atoms with Crippen LogP contribution in [0.3, 0.4) is 0 Å². The Morgan fingerprint density at radius 2 is 1.28 bits per heavy atom. The molecule has 0 radical (unpaired) electrons. The van der Waals surface area contributed by atoms with Crippen molar-refractivity contribution in [3.63, 3.8) is 0 Å². The minimum Gasteiger partial charge on any atom is -0.508 e. The average Bonchev–Trinajstić information content (AvgIpc) is 3.47. The molecule has 0 bridgehead atoms. The molecular formula is C30H38N6O7. The van der Waals surface area contributed by atoms with Crippen molar-refractivity contribution >= 4 is 23.7 Å². The summed E-state index contributed by atoms with van der Waals surface area (Å²) in [6.45, 7) is 3.70. The molecular weight excluding hydrogens is 556 g/mol. The van der Waals surface area contributed by atoms with Crippen LogP contribution in [0.25, 0.3) is 0 Å². The van der Waals surface area contributed by atoms with Gasteiger partial charge in [-0.2, -0.15) is 0 Å². The van der Waals surface area contributed by atoms with Crippen molar-refractivity contribution in [1.82, 2.24) is 25.9 Å². The highest BCUT2D eigenvalue weighted by atomic mass is 16.4. The standard InChI is InChI=1S/C30H38N6O7/c1-17(2)11-24(28(40)36-26(30(42)43)14-20-15-32-16-33-20)35-29(41)25(13-19-5-9-22(38)10-6-19)34-27(39)23(31)12-18-3-7-21(37)8-4-18/h3-10,15-17,23-26,37-38H,11-14,31H2,1-2H3,(H,32,33)(H,34,39)(H,35,41)(H,36,40)(H,42,43). The summed E-state index contributed by atoms with van der Waals surface area (Å²) in [4.78, 5) is 58.5. The molecule has 43 heavy (non-hydrogen) atoms. The smallest absolute Gasteiger partial charge is 0.326 e. The first-order valence-corrected chi connectivity index (χ1v) is 13.8. The average molecular weight is 595 g/mol. The Bertz CT molecular complexity index is 1360. The minimum absolute atomic E-state index is 0.0252. The summed E-state index contributed by atoms with van der Waals surface area (Å²) in [6, 6.07) is 7.78. The van der Waals surface area contributed by atoms with Gasteiger partial charge in [-0.15, -0.1) is 0 Å². The molecule has 0 spiro atoms. The molecule has 0 saturated heterocycles. The molecule has 1 heterocycles. The Morgan fingerprint density at radius 3 is 1.79 bits per heavy atom. The highest BCUT2D eigenvalue weighted by Crippen LogP contribution is 2.14. The lowest BCUT2D eigenvalue weighted by Gasteiger charge is -2.26. The van der Waals surface area contributed by atoms with Gasteiger partial charge in [-0.3, -0.25) is 14.4 Å². The number of H-pyrrole nitrogens is 1. The maximum Gasteiger partial charge on any atom is 0.326 e. The van der Waals surface area contributed by atoms with Crippen LogP contribution >= 0.6 is 0 Å². The molecule has 0 aliphatic carbocycles. The number of carboxylic acids is 1. The number of nitrogens with zero attached hydrogens (tertiary/aromatic N) is 1. The van der Waals surface area contributed by atoms with Crippen molar-refractivity contribution in [1.29, 1.82) is 0 Å². The van der Waals surface area contributed by atoms with E-state index in [1.807, 2.05) is 13.8 Å². The lowest BCUT2D eigenvalue weighted by Crippen LogP contribution is -2.58. The van der Waals surface area contributed by atoms with Crippen molar-refractivity contribution in [3.05, 3.63) is 77.9 Å². The summed E-state index contributed by atoms with van der Waals surface area (Å²) >= 11 is 0. The fourth-order valence-electron chi connectivity index (χ4n) is 4.40. The number of imidazole rings is 1. The fourth-order valence-corrected chi connectivity index (χ4v) is 4.40. The molecule has 0 fully saturated rings. The number of carboxylic acid groups (broad SMARTS) is 1. The van der Waals surface area contributed by atoms with Gasteiger partial charge >= 0.3 is 5.97 Å². The molecule has 9 N–H and O–H groups in total. The zero-order valence-corrected chi connectivity index (χ0v) is 24.0. The predicted octanol–water partition coefficient (Wildman–Crippen LogP) is 0.761. The van der Waals surface area contributed by atoms with Crippen LogP contribution in [-0.2, 0) is 38.4 Å². The number of carbonyl (C=O) groups is 4. The number of nitrogens with two attached hydrogens (primary N) is 1. The van der Waals surface area contributed by atoms with Crippen LogP contribution in [-0.4, -0.2) is 73.1 Å². The van der Waals surface area contributed by atoms with E-state index in [1.165, 1.54) is 36.8 Å². The number of amides is 3. The summed E-state index contributed by atoms with van der Waals surface area (Å²) in [6.07, 6.45) is 3.19. The molecule has 3 amide bonds. The molecule has 0 aliphatic rings. The molecule has 0 saturated carbocycles. The van der Waals surface area contributed by atoms with Gasteiger partial charge in [-0.25, -0.2) is 9.78 Å². The van der Waals surface area contributed by atoms with E-state index in [1.54, 1.807) is 24.3 Å². The van der Waals surface area contributed by atoms with Crippen LogP contribution in [0.5, 0.6) is 11.5 Å². The Balaban J connectivity index is 1.77. The maximum atomic E-state index is 13.6. The minimum atomic E-state index is -1.27. The number of phenolic OH excluding ortho intramolecular Hbond substituents is 2. The largest absolute Gasteiger partial charge is 0.508 e. The first-order chi connectivity index (χ1) is 20.4. The number of aromatic hydroxyl groups is 2. The van der Waals surface area contributed by atoms with Crippen LogP contribution in [0.15, 0.2) is 61.1 Å². The van der Waals surface area contributed by atoms with Crippen molar-refractivity contribution in [2.24, 2.45) is 11.7 Å². The first kappa shape index (κ1) is 32.6. The van der Waals surface area contributed by atoms with Gasteiger partial charge in [0.05, 0.1) is 12.4 Å². The van der Waals surface area contributed by atoms with Crippen molar-refractivity contribution in [3.8, 4) is 11.5 Å². The summed E-state index contributed by atoms with van der Waals surface area (Å²) in [5, 5.41) is 36.7. The van der Waals surface area contributed by atoms with Crippen molar-refractivity contribution < 1.29 is 34.5 Å². The number of hydrogen-bond acceptors (Lipinski definition) is 8. The number of aromatic nitrogens is 2. The van der Waals surface area contributed by atoms with Crippen LogP contribution in [0.4, 0.5) is 0 Å². The molecule has 1 aromatic heterocycles. The van der Waals surface area contributed by atoms with Crippen LogP contribution in [0.2, 0.25) is 0 Å². The molecule has 230 valence electrons. The Hall–Kier alpha value is -4.91. The second kappa shape index (κ2) is 15.4. The van der Waals surface area contributed by atoms with E-state index in [9.17, 15) is 34.5 Å². The number of aromatic amines is 1. The van der Waals surface area contributed by atoms with Gasteiger partial charge in [0, 0.05) is 24.7 Å². The lowest BCUT2D eigenvalue weighted by molar-refractivity contribution is -0.142. The van der Waals surface area contributed by atoms with Gasteiger partial charge in [0.25, 0.3) is 0 Å². The SMILES string of the molecule is CC(C)CC(NC(=O)C(Cc1ccc(O)cc1)NC(=O)C(N)Cc1ccc(O)cc1)C(=O)NC(Cc1cnc[nH]1)C(=O)O. The van der Waals surface area contributed by atoms with Gasteiger partial charge < -0.3 is 42.0 Å². The molecule has 4 atom stereocenters. The maximum absolute atomic E-state index is 13.6. The van der Waals surface area contributed by atoms with Gasteiger partial charge in [0.15, 0.2) is 0 Å². The van der Waals surface area contributed by atoms with E-state index in [0.717, 1.165) is 0 Å². The summed E-state index contributed by atoms with van der Waals surface area (Å²) in [5.41, 5.74) is 7.98. The van der Waals surface area contributed by atoms with Gasteiger partial charge in [-0.1, -0.05) is 38.1 Å². The van der Waals surface area contributed by atoms with Gasteiger partial charge in [0.2, 0.25) is 17.7 Å². The molecule has 3 rings (SSSR count). The zero-order chi connectivity index (χ0) is 31.5. The normalized spacial score (nSPS) is 13.9. The molecule has 4 unspecified atom stereocenters. The van der Waals surface area contributed by atoms with Crippen LogP contribution in [0, 0.1) is 5.92 Å². The summed E-state index contributed by atoms with van der Waals surface area (Å²) < 4.78 is 0. The summed E-state index contributed by atoms with van der Waals surface area (Å²) in [7, 11) is 0. The predicted molar refractivity (Wildman–Crippen MR) is 157 cm³/mol. The quantitative estimate of drug-likeness (QED) is 0.124. The molecule has 3 aromatic rings. The monoisotopic (exact) mass is 594 g/mol. The van der Waals surface area contributed by atoms with E-state index in [-0.39, 0.29) is 43.1 Å². The van der Waals surface area contributed by atoms with Crippen molar-refractivity contribution in [2.45, 2.75) is 63.7 Å². The van der Waals surface area contributed by atoms with Gasteiger partial charge in [0.1, 0.15) is 29.6 Å². The van der Waals surface area contributed by atoms with E-state index in [2.05, 4.69) is 25.9 Å². The number of nitrogens with one attached hydrogen (secondary N) is 4. The number of rotatable bonds is 15. The van der Waals surface area contributed by atoms with Crippen LogP contribution < -0.4 is 21.7 Å². The van der Waals surface area contributed by atoms with E-state index < -0.39 is 47.9 Å². The van der Waals surface area contributed by atoms with E-state index >= 15 is 0 Å². The number of carbonyl (C=O) groups excluding carboxylic acids is 3. The zero-order valence-electron chi connectivity index (χ0n) is 24.0. The number of aliphatic carboxylic acids is 1. The topological polar surface area (TPSA) is 220 Å². The fraction of sp³-hybridized carbons (Fsp3) is 0.367. The molecule has 13 heteroatoms. The van der Waals surface area contributed by atoms with E-state index in [0.29, 0.717) is 16.8 Å². The molecule has 0 aliphatic heterocycles. The summed E-state index contributed by atoms with van der Waals surface area (Å²) in [5.74, 6) is -3.16.